The van der Waals surface area contributed by atoms with E-state index in [1.54, 1.807) is 24.3 Å². The van der Waals surface area contributed by atoms with Crippen LogP contribution in [0.3, 0.4) is 0 Å². The molecule has 2 aromatic carbocycles. The number of nitrogens with zero attached hydrogens (tertiary/aromatic N) is 2. The molecule has 1 aliphatic carbocycles. The summed E-state index contributed by atoms with van der Waals surface area (Å²) in [7, 11) is 0. The molecule has 8 heteroatoms. The van der Waals surface area contributed by atoms with E-state index < -0.39 is 17.7 Å². The van der Waals surface area contributed by atoms with Gasteiger partial charge in [-0.15, -0.1) is 0 Å². The highest BCUT2D eigenvalue weighted by Crippen LogP contribution is 2.43. The number of rotatable bonds is 4. The Hall–Kier alpha value is -1.70. The van der Waals surface area contributed by atoms with Gasteiger partial charge in [-0.05, 0) is 42.7 Å². The quantitative estimate of drug-likeness (QED) is 0.402. The van der Waals surface area contributed by atoms with Gasteiger partial charge in [0.25, 0.3) is 17.7 Å². The average molecular weight is 555 g/mol. The van der Waals surface area contributed by atoms with Gasteiger partial charge in [-0.3, -0.25) is 14.4 Å². The highest BCUT2D eigenvalue weighted by Gasteiger charge is 2.54. The van der Waals surface area contributed by atoms with Gasteiger partial charge in [-0.25, -0.2) is 5.01 Å². The minimum atomic E-state index is -0.424. The zero-order valence-electron chi connectivity index (χ0n) is 15.9. The number of hydrogen-bond acceptors (Lipinski definition) is 3. The van der Waals surface area contributed by atoms with Gasteiger partial charge in [0.1, 0.15) is 0 Å². The molecule has 2 fully saturated rings. The van der Waals surface area contributed by atoms with E-state index in [0.717, 1.165) is 10.6 Å². The van der Waals surface area contributed by atoms with E-state index in [0.29, 0.717) is 23.4 Å². The smallest absolute Gasteiger partial charge is 0.272 e. The molecule has 5 nitrogen and oxygen atoms in total. The van der Waals surface area contributed by atoms with E-state index in [1.165, 1.54) is 5.01 Å². The van der Waals surface area contributed by atoms with Gasteiger partial charge in [0.15, 0.2) is 0 Å². The van der Waals surface area contributed by atoms with Crippen LogP contribution in [0.1, 0.15) is 28.8 Å². The Kier molecular flexibility index (Phi) is 6.32. The van der Waals surface area contributed by atoms with Gasteiger partial charge in [0, 0.05) is 20.2 Å². The maximum absolute atomic E-state index is 13.4. The fourth-order valence-corrected chi connectivity index (χ4v) is 5.41. The third kappa shape index (κ3) is 4.07. The van der Waals surface area contributed by atoms with Crippen molar-refractivity contribution in [2.45, 2.75) is 29.0 Å². The first-order valence-corrected chi connectivity index (χ1v) is 11.8. The van der Waals surface area contributed by atoms with Gasteiger partial charge in [0.05, 0.1) is 18.4 Å². The average Bonchev–Trinajstić information content (AvgIpc) is 2.97. The van der Waals surface area contributed by atoms with Crippen LogP contribution in [0.25, 0.3) is 0 Å². The van der Waals surface area contributed by atoms with Crippen LogP contribution in [0.15, 0.2) is 54.6 Å². The minimum absolute atomic E-state index is 0.102. The minimum Gasteiger partial charge on any atom is -0.272 e. The number of hydrogen-bond donors (Lipinski definition) is 0. The summed E-state index contributed by atoms with van der Waals surface area (Å²) in [4.78, 5) is 40.2. The summed E-state index contributed by atoms with van der Waals surface area (Å²) in [5, 5.41) is 2.85. The van der Waals surface area contributed by atoms with Gasteiger partial charge >= 0.3 is 0 Å². The molecule has 3 amide bonds. The molecule has 30 heavy (non-hydrogen) atoms. The summed E-state index contributed by atoms with van der Waals surface area (Å²) >= 11 is 13.2. The van der Waals surface area contributed by atoms with Gasteiger partial charge in [0.2, 0.25) is 0 Å². The van der Waals surface area contributed by atoms with Crippen molar-refractivity contribution < 1.29 is 14.4 Å². The number of fused-ring (bicyclic) bond motifs is 1. The SMILES string of the molecule is O=C(c1ccc(Cl)cc1)N(Cc1ccccc1)N1C(=O)[C@@H]2C[C@@H](Br)[C@@H](Br)C[C@H]2C1=O. The van der Waals surface area contributed by atoms with Gasteiger partial charge in [-0.1, -0.05) is 73.8 Å². The number of amides is 3. The molecular weight excluding hydrogens is 536 g/mol. The second-order valence-corrected chi connectivity index (χ2v) is 10.3. The number of hydrazine groups is 1. The second kappa shape index (κ2) is 8.81. The molecule has 0 spiro atoms. The number of alkyl halides is 2. The van der Waals surface area contributed by atoms with E-state index in [4.69, 9.17) is 11.6 Å². The van der Waals surface area contributed by atoms with Gasteiger partial charge in [-0.2, -0.15) is 5.01 Å². The fourth-order valence-electron chi connectivity index (χ4n) is 4.05. The standard InChI is InChI=1S/C22H19Br2ClN2O3/c23-18-10-16-17(11-19(18)24)22(30)27(21(16)29)26(12-13-4-2-1-3-5-13)20(28)14-6-8-15(25)9-7-14/h1-9,16-19H,10-12H2/t16-,17-,18-,19+/m1/s1. The van der Waals surface area contributed by atoms with Crippen molar-refractivity contribution in [3.05, 3.63) is 70.7 Å². The highest BCUT2D eigenvalue weighted by molar-refractivity contribution is 9.12. The van der Waals surface area contributed by atoms with Crippen LogP contribution in [0.2, 0.25) is 5.02 Å². The first-order valence-electron chi connectivity index (χ1n) is 9.64. The summed E-state index contributed by atoms with van der Waals surface area (Å²) in [5.74, 6) is -1.89. The lowest BCUT2D eigenvalue weighted by Gasteiger charge is -2.30. The number of imide groups is 1. The summed E-state index contributed by atoms with van der Waals surface area (Å²) in [6.07, 6.45) is 1.10. The van der Waals surface area contributed by atoms with Crippen molar-refractivity contribution in [2.24, 2.45) is 11.8 Å². The fraction of sp³-hybridized carbons (Fsp3) is 0.318. The van der Waals surface area contributed by atoms with Crippen LogP contribution in [0, 0.1) is 11.8 Å². The molecule has 4 rings (SSSR count). The second-order valence-electron chi connectivity index (χ2n) is 7.56. The lowest BCUT2D eigenvalue weighted by atomic mass is 9.81. The molecule has 1 saturated carbocycles. The van der Waals surface area contributed by atoms with Crippen LogP contribution in [0.5, 0.6) is 0 Å². The monoisotopic (exact) mass is 552 g/mol. The summed E-state index contributed by atoms with van der Waals surface area (Å²) in [5.41, 5.74) is 1.19. The summed E-state index contributed by atoms with van der Waals surface area (Å²) < 4.78 is 0. The van der Waals surface area contributed by atoms with Crippen molar-refractivity contribution >= 4 is 61.2 Å². The van der Waals surface area contributed by atoms with Crippen LogP contribution in [-0.4, -0.2) is 37.4 Å². The first-order chi connectivity index (χ1) is 14.4. The molecule has 2 aromatic rings. The molecule has 1 aliphatic heterocycles. The van der Waals surface area contributed by atoms with Crippen molar-refractivity contribution in [1.29, 1.82) is 0 Å². The molecule has 1 heterocycles. The van der Waals surface area contributed by atoms with Crippen LogP contribution < -0.4 is 0 Å². The molecular formula is C22H19Br2ClN2O3. The lowest BCUT2D eigenvalue weighted by Crippen LogP contribution is -2.49. The number of halogens is 3. The van der Waals surface area contributed by atoms with E-state index in [2.05, 4.69) is 31.9 Å². The first kappa shape index (κ1) is 21.5. The zero-order valence-corrected chi connectivity index (χ0v) is 19.8. The third-order valence-corrected chi connectivity index (χ3v) is 8.62. The predicted octanol–water partition coefficient (Wildman–Crippen LogP) is 4.82. The van der Waals surface area contributed by atoms with Crippen LogP contribution in [0.4, 0.5) is 0 Å². The molecule has 1 saturated heterocycles. The Balaban J connectivity index is 1.70. The maximum Gasteiger partial charge on any atom is 0.273 e. The van der Waals surface area contributed by atoms with E-state index in [9.17, 15) is 14.4 Å². The molecule has 156 valence electrons. The normalized spacial score (nSPS) is 25.9. The van der Waals surface area contributed by atoms with Crippen LogP contribution >= 0.6 is 43.5 Å². The largest absolute Gasteiger partial charge is 0.273 e. The number of carbonyl (C=O) groups is 3. The highest BCUT2D eigenvalue weighted by atomic mass is 79.9. The molecule has 0 radical (unpaired) electrons. The Morgan fingerprint density at radius 2 is 1.47 bits per heavy atom. The molecule has 2 aliphatic rings. The Morgan fingerprint density at radius 1 is 0.933 bits per heavy atom. The lowest BCUT2D eigenvalue weighted by molar-refractivity contribution is -0.155. The number of benzene rings is 2. The van der Waals surface area contributed by atoms with Crippen LogP contribution in [-0.2, 0) is 16.1 Å². The van der Waals surface area contributed by atoms with Crippen molar-refractivity contribution in [3.8, 4) is 0 Å². The van der Waals surface area contributed by atoms with Gasteiger partial charge < -0.3 is 0 Å². The predicted molar refractivity (Wildman–Crippen MR) is 121 cm³/mol. The molecule has 0 bridgehead atoms. The van der Waals surface area contributed by atoms with E-state index in [1.807, 2.05) is 30.3 Å². The summed E-state index contributed by atoms with van der Waals surface area (Å²) in [6, 6.07) is 15.8. The van der Waals surface area contributed by atoms with Crippen molar-refractivity contribution in [2.75, 3.05) is 0 Å². The topological polar surface area (TPSA) is 57.7 Å². The van der Waals surface area contributed by atoms with E-state index >= 15 is 0 Å². The summed E-state index contributed by atoms with van der Waals surface area (Å²) in [6.45, 7) is 0.120. The molecule has 0 N–H and O–H groups in total. The maximum atomic E-state index is 13.4. The molecule has 4 atom stereocenters. The van der Waals surface area contributed by atoms with Crippen molar-refractivity contribution in [3.63, 3.8) is 0 Å². The number of carbonyl (C=O) groups excluding carboxylic acids is 3. The Morgan fingerprint density at radius 3 is 2.00 bits per heavy atom. The Bertz CT molecular complexity index is 942. The van der Waals surface area contributed by atoms with E-state index in [-0.39, 0.29) is 28.0 Å². The van der Waals surface area contributed by atoms with Crippen molar-refractivity contribution in [1.82, 2.24) is 10.0 Å². The molecule has 0 aromatic heterocycles. The zero-order chi connectivity index (χ0) is 21.4. The third-order valence-electron chi connectivity index (χ3n) is 5.63. The Labute approximate surface area is 196 Å². The molecule has 0 unspecified atom stereocenters.